The minimum absolute atomic E-state index is 0.377. The largest absolute Gasteiger partial charge is 0.497 e. The van der Waals surface area contributed by atoms with Gasteiger partial charge in [0.25, 0.3) is 0 Å². The third kappa shape index (κ3) is 3.54. The number of anilines is 1. The van der Waals surface area contributed by atoms with Crippen molar-refractivity contribution in [1.29, 1.82) is 0 Å². The number of fused-ring (bicyclic) bond motifs is 1. The Bertz CT molecular complexity index is 1170. The number of nitrogens with one attached hydrogen (secondary N) is 1. The molecule has 2 heterocycles. The third-order valence-electron chi connectivity index (χ3n) is 5.20. The zero-order valence-corrected chi connectivity index (χ0v) is 17.7. The zero-order valence-electron chi connectivity index (χ0n) is 17.7. The number of benzene rings is 2. The summed E-state index contributed by atoms with van der Waals surface area (Å²) in [5, 5.41) is 7.83. The molecule has 1 aliphatic rings. The molecule has 0 radical (unpaired) electrons. The predicted octanol–water partition coefficient (Wildman–Crippen LogP) is 2.75. The first kappa shape index (κ1) is 20.3. The molecular weight excluding hydrogens is 398 g/mol. The van der Waals surface area contributed by atoms with Crippen molar-refractivity contribution in [2.45, 2.75) is 13.0 Å². The van der Waals surface area contributed by atoms with Gasteiger partial charge in [-0.3, -0.25) is 4.79 Å². The second kappa shape index (κ2) is 8.02. The molecule has 0 bridgehead atoms. The maximum atomic E-state index is 12.4. The quantitative estimate of drug-likeness (QED) is 0.629. The van der Waals surface area contributed by atoms with Gasteiger partial charge in [0.2, 0.25) is 11.9 Å². The van der Waals surface area contributed by atoms with Crippen LogP contribution in [0.1, 0.15) is 18.5 Å². The Morgan fingerprint density at radius 1 is 1.03 bits per heavy atom. The monoisotopic (exact) mass is 421 g/mol. The summed E-state index contributed by atoms with van der Waals surface area (Å²) in [6.07, 6.45) is 0. The van der Waals surface area contributed by atoms with Crippen LogP contribution in [0.25, 0.3) is 11.4 Å². The van der Waals surface area contributed by atoms with Gasteiger partial charge >= 0.3 is 0 Å². The highest BCUT2D eigenvalue weighted by Gasteiger charge is 2.35. The molecule has 0 aliphatic carbocycles. The van der Waals surface area contributed by atoms with Crippen LogP contribution in [0.15, 0.2) is 53.7 Å². The van der Waals surface area contributed by atoms with Crippen LogP contribution in [0.2, 0.25) is 0 Å². The number of ether oxygens (including phenoxy) is 3. The topological polar surface area (TPSA) is 114 Å². The highest BCUT2D eigenvalue weighted by molar-refractivity contribution is 5.95. The number of nitrogens with two attached hydrogens (primary N) is 1. The lowest BCUT2D eigenvalue weighted by Gasteiger charge is -2.28. The molecule has 0 unspecified atom stereocenters. The molecule has 1 aromatic heterocycles. The van der Waals surface area contributed by atoms with E-state index in [0.29, 0.717) is 40.1 Å². The fourth-order valence-corrected chi connectivity index (χ4v) is 3.66. The first-order chi connectivity index (χ1) is 15.0. The van der Waals surface area contributed by atoms with Crippen molar-refractivity contribution >= 4 is 11.9 Å². The molecule has 1 aliphatic heterocycles. The second-order valence-corrected chi connectivity index (χ2v) is 6.97. The van der Waals surface area contributed by atoms with Crippen LogP contribution in [0, 0.1) is 0 Å². The van der Waals surface area contributed by atoms with Gasteiger partial charge in [0.15, 0.2) is 5.82 Å². The molecule has 0 spiro atoms. The summed E-state index contributed by atoms with van der Waals surface area (Å²) in [5.74, 6) is 2.36. The van der Waals surface area contributed by atoms with Crippen LogP contribution in [0.3, 0.4) is 0 Å². The van der Waals surface area contributed by atoms with Gasteiger partial charge in [-0.1, -0.05) is 0 Å². The van der Waals surface area contributed by atoms with E-state index in [1.165, 1.54) is 0 Å². The molecule has 2 aromatic carbocycles. The van der Waals surface area contributed by atoms with Gasteiger partial charge in [0, 0.05) is 22.9 Å². The highest BCUT2D eigenvalue weighted by Crippen LogP contribution is 2.40. The maximum Gasteiger partial charge on any atom is 0.248 e. The Morgan fingerprint density at radius 2 is 1.71 bits per heavy atom. The van der Waals surface area contributed by atoms with E-state index in [9.17, 15) is 4.79 Å². The number of aromatic nitrogens is 3. The van der Waals surface area contributed by atoms with E-state index >= 15 is 0 Å². The highest BCUT2D eigenvalue weighted by atomic mass is 16.5. The molecule has 160 valence electrons. The molecule has 0 saturated heterocycles. The average molecular weight is 421 g/mol. The Kier molecular flexibility index (Phi) is 5.24. The van der Waals surface area contributed by atoms with E-state index in [-0.39, 0.29) is 0 Å². The Morgan fingerprint density at radius 3 is 2.32 bits per heavy atom. The van der Waals surface area contributed by atoms with Gasteiger partial charge in [0.05, 0.1) is 26.9 Å². The molecule has 31 heavy (non-hydrogen) atoms. The van der Waals surface area contributed by atoms with E-state index in [2.05, 4.69) is 10.3 Å². The smallest absolute Gasteiger partial charge is 0.248 e. The summed E-state index contributed by atoms with van der Waals surface area (Å²) in [7, 11) is 4.75. The van der Waals surface area contributed by atoms with Crippen LogP contribution in [0.5, 0.6) is 17.2 Å². The molecule has 1 atom stereocenters. The van der Waals surface area contributed by atoms with Crippen LogP contribution in [0.4, 0.5) is 5.95 Å². The van der Waals surface area contributed by atoms with Gasteiger partial charge < -0.3 is 25.3 Å². The van der Waals surface area contributed by atoms with Gasteiger partial charge in [-0.2, -0.15) is 4.98 Å². The Labute approximate surface area is 179 Å². The SMILES string of the molecule is COc1ccc(-c2nc3n(n2)[C@H](c2ccc(OC)cc2OC)C(C(N)=O)=C(C)N3)cc1. The average Bonchev–Trinajstić information content (AvgIpc) is 3.21. The van der Waals surface area contributed by atoms with Crippen molar-refractivity contribution in [1.82, 2.24) is 14.8 Å². The zero-order chi connectivity index (χ0) is 22.1. The van der Waals surface area contributed by atoms with Crippen molar-refractivity contribution in [2.75, 3.05) is 26.6 Å². The molecule has 3 N–H and O–H groups in total. The summed E-state index contributed by atoms with van der Waals surface area (Å²) in [6, 6.07) is 12.2. The van der Waals surface area contributed by atoms with Crippen LogP contribution in [-0.2, 0) is 4.79 Å². The summed E-state index contributed by atoms with van der Waals surface area (Å²) < 4.78 is 17.8. The van der Waals surface area contributed by atoms with E-state index in [4.69, 9.17) is 25.0 Å². The molecular formula is C22H23N5O4. The fourth-order valence-electron chi connectivity index (χ4n) is 3.66. The maximum absolute atomic E-state index is 12.4. The number of hydrogen-bond donors (Lipinski definition) is 2. The number of methoxy groups -OCH3 is 3. The predicted molar refractivity (Wildman–Crippen MR) is 115 cm³/mol. The van der Waals surface area contributed by atoms with Crippen molar-refractivity contribution in [3.63, 3.8) is 0 Å². The number of rotatable bonds is 6. The number of carbonyl (C=O) groups is 1. The summed E-state index contributed by atoms with van der Waals surface area (Å²) in [4.78, 5) is 17.0. The Balaban J connectivity index is 1.87. The van der Waals surface area contributed by atoms with E-state index in [1.54, 1.807) is 45.1 Å². The van der Waals surface area contributed by atoms with Crippen molar-refractivity contribution in [2.24, 2.45) is 5.73 Å². The number of hydrogen-bond acceptors (Lipinski definition) is 7. The molecule has 1 amide bonds. The number of amides is 1. The standard InChI is InChI=1S/C22H23N5O4/c1-12-18(20(23)28)19(16-10-9-15(30-3)11-17(16)31-4)27-22(24-12)25-21(26-27)13-5-7-14(29-2)8-6-13/h5-11,19H,1-4H3,(H2,23,28)(H,24,25,26)/t19-/m1/s1. The summed E-state index contributed by atoms with van der Waals surface area (Å²) >= 11 is 0. The van der Waals surface area contributed by atoms with Crippen molar-refractivity contribution in [3.05, 3.63) is 59.3 Å². The number of allylic oxidation sites excluding steroid dienone is 1. The Hall–Kier alpha value is -4.01. The lowest BCUT2D eigenvalue weighted by Crippen LogP contribution is -2.32. The minimum Gasteiger partial charge on any atom is -0.497 e. The third-order valence-corrected chi connectivity index (χ3v) is 5.20. The van der Waals surface area contributed by atoms with Gasteiger partial charge in [-0.05, 0) is 43.3 Å². The molecule has 9 heteroatoms. The fraction of sp³-hybridized carbons (Fsp3) is 0.227. The number of nitrogens with zero attached hydrogens (tertiary/aromatic N) is 3. The second-order valence-electron chi connectivity index (χ2n) is 6.97. The van der Waals surface area contributed by atoms with Gasteiger partial charge in [0.1, 0.15) is 23.3 Å². The van der Waals surface area contributed by atoms with E-state index in [1.807, 2.05) is 30.3 Å². The van der Waals surface area contributed by atoms with Crippen molar-refractivity contribution in [3.8, 4) is 28.6 Å². The molecule has 0 saturated carbocycles. The minimum atomic E-state index is -0.617. The lowest BCUT2D eigenvalue weighted by molar-refractivity contribution is -0.115. The van der Waals surface area contributed by atoms with Gasteiger partial charge in [-0.15, -0.1) is 5.10 Å². The van der Waals surface area contributed by atoms with Crippen LogP contribution >= 0.6 is 0 Å². The lowest BCUT2D eigenvalue weighted by atomic mass is 9.94. The first-order valence-electron chi connectivity index (χ1n) is 9.57. The normalized spacial score (nSPS) is 15.2. The number of carbonyl (C=O) groups excluding carboxylic acids is 1. The first-order valence-corrected chi connectivity index (χ1v) is 9.57. The van der Waals surface area contributed by atoms with E-state index in [0.717, 1.165) is 11.3 Å². The van der Waals surface area contributed by atoms with Crippen LogP contribution in [-0.4, -0.2) is 42.0 Å². The molecule has 9 nitrogen and oxygen atoms in total. The molecule has 0 fully saturated rings. The summed E-state index contributed by atoms with van der Waals surface area (Å²) in [5.41, 5.74) is 8.27. The molecule has 4 rings (SSSR count). The van der Waals surface area contributed by atoms with E-state index < -0.39 is 11.9 Å². The van der Waals surface area contributed by atoms with Gasteiger partial charge in [-0.25, -0.2) is 4.68 Å². The van der Waals surface area contributed by atoms with Crippen molar-refractivity contribution < 1.29 is 19.0 Å². The summed E-state index contributed by atoms with van der Waals surface area (Å²) in [6.45, 7) is 1.79. The van der Waals surface area contributed by atoms with Crippen LogP contribution < -0.4 is 25.3 Å². The molecule has 3 aromatic rings. The number of primary amides is 1.